The molecule has 0 saturated heterocycles. The fraction of sp³-hybridized carbons (Fsp3) is 0.393. The van der Waals surface area contributed by atoms with Gasteiger partial charge in [0.05, 0.1) is 46.2 Å². The van der Waals surface area contributed by atoms with Crippen LogP contribution in [0.15, 0.2) is 34.4 Å². The van der Waals surface area contributed by atoms with Gasteiger partial charge in [-0.3, -0.25) is 14.4 Å². The van der Waals surface area contributed by atoms with Crippen molar-refractivity contribution in [1.82, 2.24) is 19.7 Å². The summed E-state index contributed by atoms with van der Waals surface area (Å²) in [5.41, 5.74) is 0.691. The number of rotatable bonds is 6. The number of hydrogen-bond donors (Lipinski definition) is 1. The van der Waals surface area contributed by atoms with Crippen LogP contribution in [0.1, 0.15) is 39.4 Å². The second-order valence-electron chi connectivity index (χ2n) is 10.5. The first kappa shape index (κ1) is 27.8. The summed E-state index contributed by atoms with van der Waals surface area (Å²) in [6.07, 6.45) is -0.436. The van der Waals surface area contributed by atoms with Gasteiger partial charge in [-0.05, 0) is 45.2 Å². The average Bonchev–Trinajstić information content (AvgIpc) is 3.52. The average molecular weight is 573 g/mol. The molecule has 1 aliphatic heterocycles. The fourth-order valence-corrected chi connectivity index (χ4v) is 5.75. The van der Waals surface area contributed by atoms with E-state index in [1.807, 2.05) is 27.7 Å². The van der Waals surface area contributed by atoms with Crippen molar-refractivity contribution < 1.29 is 27.8 Å². The van der Waals surface area contributed by atoms with Crippen LogP contribution in [-0.2, 0) is 16.0 Å². The molecule has 0 unspecified atom stereocenters. The van der Waals surface area contributed by atoms with E-state index in [1.165, 1.54) is 18.4 Å². The number of ether oxygens (including phenoxy) is 3. The second kappa shape index (κ2) is 10.7. The number of fused-ring (bicyclic) bond motifs is 2. The minimum Gasteiger partial charge on any atom is -0.490 e. The van der Waals surface area contributed by atoms with E-state index < -0.39 is 23.3 Å². The van der Waals surface area contributed by atoms with Gasteiger partial charge in [0.25, 0.3) is 5.56 Å². The zero-order chi connectivity index (χ0) is 28.8. The van der Waals surface area contributed by atoms with Crippen molar-refractivity contribution in [1.29, 1.82) is 0 Å². The molecule has 40 heavy (non-hydrogen) atoms. The minimum atomic E-state index is -0.844. The molecule has 1 aromatic carbocycles. The molecular formula is C28H30F2N4O5S. The number of benzene rings is 1. The van der Waals surface area contributed by atoms with Crippen LogP contribution in [0.3, 0.4) is 0 Å². The number of hydrogen-bond acceptors (Lipinski definition) is 7. The van der Waals surface area contributed by atoms with Crippen LogP contribution >= 0.6 is 11.3 Å². The molecule has 3 aromatic heterocycles. The Morgan fingerprint density at radius 2 is 1.95 bits per heavy atom. The first-order valence-corrected chi connectivity index (χ1v) is 13.7. The van der Waals surface area contributed by atoms with Crippen LogP contribution in [0.25, 0.3) is 32.6 Å². The van der Waals surface area contributed by atoms with E-state index >= 15 is 4.39 Å². The lowest BCUT2D eigenvalue weighted by molar-refractivity contribution is 0.0120. The number of aromatic amines is 1. The molecule has 0 aliphatic carbocycles. The molecule has 0 bridgehead atoms. The summed E-state index contributed by atoms with van der Waals surface area (Å²) in [5.74, 6) is -1.66. The molecule has 4 heterocycles. The van der Waals surface area contributed by atoms with Gasteiger partial charge >= 0.3 is 6.09 Å². The Balaban J connectivity index is 1.66. The van der Waals surface area contributed by atoms with Gasteiger partial charge in [0.1, 0.15) is 35.3 Å². The fourth-order valence-electron chi connectivity index (χ4n) is 4.81. The van der Waals surface area contributed by atoms with E-state index in [9.17, 15) is 14.0 Å². The zero-order valence-electron chi connectivity index (χ0n) is 22.8. The maximum absolute atomic E-state index is 15.6. The number of aromatic nitrogens is 3. The lowest BCUT2D eigenvalue weighted by atomic mass is 9.98. The highest BCUT2D eigenvalue weighted by Gasteiger charge is 2.33. The predicted molar refractivity (Wildman–Crippen MR) is 148 cm³/mol. The van der Waals surface area contributed by atoms with Crippen LogP contribution in [0, 0.1) is 11.6 Å². The third-order valence-corrected chi connectivity index (χ3v) is 7.51. The summed E-state index contributed by atoms with van der Waals surface area (Å²) in [6.45, 7) is 8.35. The van der Waals surface area contributed by atoms with Crippen molar-refractivity contribution in [2.75, 3.05) is 26.9 Å². The van der Waals surface area contributed by atoms with Crippen molar-refractivity contribution >= 4 is 27.5 Å². The number of pyridine rings is 1. The van der Waals surface area contributed by atoms with Crippen molar-refractivity contribution in [3.8, 4) is 28.3 Å². The maximum Gasteiger partial charge on any atom is 0.410 e. The Labute approximate surface area is 233 Å². The van der Waals surface area contributed by atoms with E-state index in [2.05, 4.69) is 4.98 Å². The van der Waals surface area contributed by atoms with Crippen LogP contribution in [0.2, 0.25) is 0 Å². The molecule has 1 aliphatic rings. The number of carbonyl (C=O) groups is 1. The van der Waals surface area contributed by atoms with E-state index in [1.54, 1.807) is 27.1 Å². The summed E-state index contributed by atoms with van der Waals surface area (Å²) in [6, 6.07) is 4.94. The highest BCUT2D eigenvalue weighted by Crippen LogP contribution is 2.44. The second-order valence-corrected chi connectivity index (χ2v) is 11.4. The van der Waals surface area contributed by atoms with Crippen LogP contribution < -0.4 is 10.3 Å². The van der Waals surface area contributed by atoms with Gasteiger partial charge in [0.15, 0.2) is 0 Å². The van der Waals surface area contributed by atoms with Crippen LogP contribution in [0.4, 0.5) is 13.6 Å². The van der Waals surface area contributed by atoms with Crippen molar-refractivity contribution in [3.63, 3.8) is 0 Å². The van der Waals surface area contributed by atoms with Gasteiger partial charge < -0.3 is 19.2 Å². The molecule has 1 N–H and O–H groups in total. The normalized spacial score (nSPS) is 15.4. The third kappa shape index (κ3) is 5.20. The van der Waals surface area contributed by atoms with Gasteiger partial charge in [-0.25, -0.2) is 13.6 Å². The molecule has 0 spiro atoms. The predicted octanol–water partition coefficient (Wildman–Crippen LogP) is 5.74. The minimum absolute atomic E-state index is 0.00519. The first-order chi connectivity index (χ1) is 19.0. The Kier molecular flexibility index (Phi) is 7.40. The van der Waals surface area contributed by atoms with Crippen molar-refractivity contribution in [3.05, 3.63) is 57.3 Å². The Hall–Kier alpha value is -3.77. The molecule has 1 atom stereocenters. The summed E-state index contributed by atoms with van der Waals surface area (Å²) in [4.78, 5) is 30.4. The van der Waals surface area contributed by atoms with Gasteiger partial charge in [-0.2, -0.15) is 5.10 Å². The highest BCUT2D eigenvalue weighted by molar-refractivity contribution is 7.17. The van der Waals surface area contributed by atoms with E-state index in [0.29, 0.717) is 34.4 Å². The standard InChI is InChI=1S/C28H30F2N4O5S/c1-15-20-14-19(32-34(20)8-7-33(15)27(36)39-28(2,3)4)24-23(25-17(6-11-40-25)26(35)31-24)22-18(30)12-16(29)13-21(22)38-10-9-37-5/h6,11-15H,7-10H2,1-5H3,(H,31,35)/t15-/m1/s1. The molecule has 212 valence electrons. The molecular weight excluding hydrogens is 542 g/mol. The molecule has 0 saturated carbocycles. The summed E-state index contributed by atoms with van der Waals surface area (Å²) in [7, 11) is 1.50. The zero-order valence-corrected chi connectivity index (χ0v) is 23.7. The smallest absolute Gasteiger partial charge is 0.410 e. The van der Waals surface area contributed by atoms with E-state index in [-0.39, 0.29) is 41.8 Å². The molecule has 1 amide bonds. The number of amides is 1. The number of nitrogens with one attached hydrogen (secondary N) is 1. The SMILES string of the molecule is COCCOc1cc(F)cc(F)c1-c1c(-c2cc3n(n2)CCN(C(=O)OC(C)(C)C)[C@@H]3C)[nH]c(=O)c2ccsc12. The Morgan fingerprint density at radius 1 is 1.18 bits per heavy atom. The lowest BCUT2D eigenvalue weighted by Crippen LogP contribution is -2.43. The number of H-pyrrole nitrogens is 1. The molecule has 4 aromatic rings. The Bertz CT molecular complexity index is 1640. The van der Waals surface area contributed by atoms with Crippen molar-refractivity contribution in [2.45, 2.75) is 45.9 Å². The summed E-state index contributed by atoms with van der Waals surface area (Å²) < 4.78 is 48.5. The lowest BCUT2D eigenvalue weighted by Gasteiger charge is -2.35. The van der Waals surface area contributed by atoms with Gasteiger partial charge in [-0.15, -0.1) is 11.3 Å². The van der Waals surface area contributed by atoms with Crippen molar-refractivity contribution in [2.24, 2.45) is 0 Å². The van der Waals surface area contributed by atoms with Crippen LogP contribution in [0.5, 0.6) is 5.75 Å². The molecule has 0 fully saturated rings. The molecule has 5 rings (SSSR count). The van der Waals surface area contributed by atoms with Gasteiger partial charge in [0, 0.05) is 31.4 Å². The van der Waals surface area contributed by atoms with Gasteiger partial charge in [0.2, 0.25) is 0 Å². The Morgan fingerprint density at radius 3 is 2.67 bits per heavy atom. The summed E-state index contributed by atoms with van der Waals surface area (Å²) >= 11 is 1.26. The number of methoxy groups -OCH3 is 1. The molecule has 9 nitrogen and oxygen atoms in total. The molecule has 12 heteroatoms. The number of thiophene rings is 1. The van der Waals surface area contributed by atoms with Gasteiger partial charge in [-0.1, -0.05) is 0 Å². The monoisotopic (exact) mass is 572 g/mol. The van der Waals surface area contributed by atoms with E-state index in [0.717, 1.165) is 17.8 Å². The number of nitrogens with zero attached hydrogens (tertiary/aromatic N) is 3. The quantitative estimate of drug-likeness (QED) is 0.296. The molecule has 0 radical (unpaired) electrons. The topological polar surface area (TPSA) is 98.7 Å². The third-order valence-electron chi connectivity index (χ3n) is 6.58. The van der Waals surface area contributed by atoms with Crippen LogP contribution in [-0.4, -0.2) is 58.2 Å². The highest BCUT2D eigenvalue weighted by atomic mass is 32.1. The number of carbonyl (C=O) groups excluding carboxylic acids is 1. The summed E-state index contributed by atoms with van der Waals surface area (Å²) in [5, 5.41) is 6.83. The first-order valence-electron chi connectivity index (χ1n) is 12.8. The number of halogens is 2. The van der Waals surface area contributed by atoms with E-state index in [4.69, 9.17) is 19.3 Å². The largest absolute Gasteiger partial charge is 0.490 e. The maximum atomic E-state index is 15.6.